The van der Waals surface area contributed by atoms with E-state index in [0.717, 1.165) is 10.9 Å². The van der Waals surface area contributed by atoms with Gasteiger partial charge in [-0.15, -0.1) is 0 Å². The lowest BCUT2D eigenvalue weighted by molar-refractivity contribution is -0.673. The van der Waals surface area contributed by atoms with Crippen molar-refractivity contribution in [3.8, 4) is 5.75 Å². The van der Waals surface area contributed by atoms with Crippen LogP contribution in [0.25, 0.3) is 22.3 Å². The number of rotatable bonds is 16. The molecule has 11 N–H and O–H groups in total. The molecule has 3 unspecified atom stereocenters. The summed E-state index contributed by atoms with van der Waals surface area (Å²) in [5.74, 6) is 0.0600. The fraction of sp³-hybridized carbons (Fsp3) is 0.448. The number of phosphoric ester groups is 2. The molecule has 2 fully saturated rings. The highest BCUT2D eigenvalue weighted by Gasteiger charge is 2.48. The predicted octanol–water partition coefficient (Wildman–Crippen LogP) is -1.14. The van der Waals surface area contributed by atoms with Gasteiger partial charge in [0.25, 0.3) is 16.7 Å². The van der Waals surface area contributed by atoms with Crippen molar-refractivity contribution in [3.05, 3.63) is 62.7 Å². The van der Waals surface area contributed by atoms with Crippen molar-refractivity contribution >= 4 is 69.3 Å². The van der Waals surface area contributed by atoms with Crippen molar-refractivity contribution in [2.75, 3.05) is 51.4 Å². The molecule has 6 heterocycles. The van der Waals surface area contributed by atoms with Crippen molar-refractivity contribution in [1.82, 2.24) is 39.0 Å². The van der Waals surface area contributed by atoms with E-state index in [4.69, 9.17) is 41.8 Å². The second-order valence-electron chi connectivity index (χ2n) is 13.6. The number of imidazole rings is 2. The van der Waals surface area contributed by atoms with E-state index >= 15 is 0 Å². The molecule has 2 aliphatic rings. The van der Waals surface area contributed by atoms with Gasteiger partial charge in [0.1, 0.15) is 37.2 Å². The standard InChI is InChI=1S/C29H37ClN11O17P3/c1-38-8-16(55-18(9-38)41-13-39(20-24(41)35-29(32)37-26(20)45)6-7-52-15-4-2-14(30)3-5-15)10-53-59(46,47)57-61(50,51)58-60(48,49)54-11-17-21(42)22(43)27(56-17)40-12-33-19-23(40)34-28(31)36-25(19)44/h2-5,12-13,16-18,21-22,27,42-43H,6-11H2,1H3,(H8-,31,32,34,35,36,37,44,45,46,47,48,49,50,51)/p+1/t16-,17+,18+,21+,22+,27+/m0/s1. The van der Waals surface area contributed by atoms with Crippen molar-refractivity contribution < 1.29 is 75.0 Å². The maximum Gasteiger partial charge on any atom is 0.490 e. The largest absolute Gasteiger partial charge is 0.490 e. The Kier molecular flexibility index (Phi) is 12.9. The fourth-order valence-electron chi connectivity index (χ4n) is 6.48. The van der Waals surface area contributed by atoms with Crippen LogP contribution >= 0.6 is 35.1 Å². The number of nitrogen functional groups attached to an aromatic ring is 2. The number of anilines is 2. The van der Waals surface area contributed by atoms with Gasteiger partial charge in [0.2, 0.25) is 24.5 Å². The first-order chi connectivity index (χ1) is 28.7. The number of ether oxygens (including phenoxy) is 3. The second kappa shape index (κ2) is 17.5. The first-order valence-electron chi connectivity index (χ1n) is 17.6. The lowest BCUT2D eigenvalue weighted by atomic mass is 10.1. The van der Waals surface area contributed by atoms with E-state index < -0.39 is 84.7 Å². The fourth-order valence-corrected chi connectivity index (χ4v) is 10.1. The van der Waals surface area contributed by atoms with Gasteiger partial charge in [-0.05, 0) is 31.3 Å². The van der Waals surface area contributed by atoms with E-state index in [1.807, 2.05) is 0 Å². The summed E-state index contributed by atoms with van der Waals surface area (Å²) in [4.78, 5) is 74.3. The normalized spacial score (nSPS) is 25.4. The minimum atomic E-state index is -5.94. The molecule has 332 valence electrons. The Hall–Kier alpha value is -4.18. The van der Waals surface area contributed by atoms with Gasteiger partial charge in [-0.1, -0.05) is 11.6 Å². The zero-order valence-corrected chi connectivity index (χ0v) is 34.7. The number of hydrogen-bond donors (Lipinski definition) is 9. The van der Waals surface area contributed by atoms with Crippen molar-refractivity contribution in [3.63, 3.8) is 0 Å². The van der Waals surface area contributed by atoms with E-state index in [0.29, 0.717) is 10.8 Å². The first-order valence-corrected chi connectivity index (χ1v) is 22.5. The number of morpholine rings is 1. The zero-order valence-electron chi connectivity index (χ0n) is 31.3. The Morgan fingerprint density at radius 3 is 2.21 bits per heavy atom. The number of halogens is 1. The number of likely N-dealkylation sites (N-methyl/N-ethyl adjacent to an activating group) is 1. The summed E-state index contributed by atoms with van der Waals surface area (Å²) in [5.41, 5.74) is 10.1. The molecule has 61 heavy (non-hydrogen) atoms. The molecule has 4 aromatic heterocycles. The monoisotopic (exact) mass is 940 g/mol. The number of aliphatic hydroxyl groups excluding tert-OH is 2. The Bertz CT molecular complexity index is 2680. The molecule has 0 aliphatic carbocycles. The number of fused-ring (bicyclic) bond motifs is 2. The number of benzene rings is 1. The van der Waals surface area contributed by atoms with Gasteiger partial charge in [-0.25, -0.2) is 23.2 Å². The molecule has 0 saturated carbocycles. The molecule has 28 nitrogen and oxygen atoms in total. The molecular weight excluding hydrogens is 903 g/mol. The van der Waals surface area contributed by atoms with Crippen molar-refractivity contribution in [2.45, 2.75) is 43.4 Å². The molecule has 0 spiro atoms. The van der Waals surface area contributed by atoms with Crippen LogP contribution in [0, 0.1) is 0 Å². The first kappa shape index (κ1) is 44.9. The van der Waals surface area contributed by atoms with E-state index in [1.54, 1.807) is 47.1 Å². The lowest BCUT2D eigenvalue weighted by Crippen LogP contribution is -2.45. The Morgan fingerprint density at radius 1 is 0.885 bits per heavy atom. The Balaban J connectivity index is 0.948. The summed E-state index contributed by atoms with van der Waals surface area (Å²) in [5, 5.41) is 21.6. The summed E-state index contributed by atoms with van der Waals surface area (Å²) < 4.78 is 77.6. The van der Waals surface area contributed by atoms with Gasteiger partial charge < -0.3 is 50.6 Å². The minimum Gasteiger partial charge on any atom is -0.489 e. The summed E-state index contributed by atoms with van der Waals surface area (Å²) >= 11 is 5.94. The SMILES string of the molecule is CN1C[C@@H](COP(=O)(O)OP(=O)(O)OP(=O)(O)OC[C@H]2O[C@@H](n3cnc4c(=O)[nH]c(N)nc43)[C@H](O)[C@@H]2O)O[C@@H](n2c[n+](CCOc3ccc(Cl)cc3)c3c(=O)[nH]c(N)nc32)C1. The van der Waals surface area contributed by atoms with Gasteiger partial charge in [0.05, 0.1) is 32.2 Å². The molecule has 0 bridgehead atoms. The number of aromatic amines is 2. The molecule has 32 heteroatoms. The smallest absolute Gasteiger partial charge is 0.489 e. The quantitative estimate of drug-likeness (QED) is 0.0417. The Labute approximate surface area is 345 Å². The second-order valence-corrected chi connectivity index (χ2v) is 18.6. The van der Waals surface area contributed by atoms with Crippen LogP contribution in [-0.4, -0.2) is 128 Å². The summed E-state index contributed by atoms with van der Waals surface area (Å²) in [6.45, 7) is -1.18. The van der Waals surface area contributed by atoms with Gasteiger partial charge >= 0.3 is 29.0 Å². The van der Waals surface area contributed by atoms with Crippen LogP contribution in [0.3, 0.4) is 0 Å². The van der Waals surface area contributed by atoms with Crippen LogP contribution < -0.4 is 31.9 Å². The average molecular weight is 941 g/mol. The summed E-state index contributed by atoms with van der Waals surface area (Å²) in [6.07, 6.45) is -5.94. The van der Waals surface area contributed by atoms with E-state index in [-0.39, 0.29) is 60.5 Å². The third kappa shape index (κ3) is 10.4. The number of nitrogens with one attached hydrogen (secondary N) is 2. The van der Waals surface area contributed by atoms with Crippen LogP contribution in [0.5, 0.6) is 5.75 Å². The van der Waals surface area contributed by atoms with Gasteiger partial charge in [-0.3, -0.25) is 38.1 Å². The molecule has 0 amide bonds. The number of nitrogens with two attached hydrogens (primary N) is 2. The third-order valence-electron chi connectivity index (χ3n) is 9.05. The van der Waals surface area contributed by atoms with Gasteiger partial charge in [0.15, 0.2) is 17.4 Å². The highest BCUT2D eigenvalue weighted by Crippen LogP contribution is 2.67. The molecule has 0 radical (unpaired) electrons. The lowest BCUT2D eigenvalue weighted by Gasteiger charge is -2.34. The molecule has 5 aromatic rings. The summed E-state index contributed by atoms with van der Waals surface area (Å²) in [7, 11) is -15.5. The van der Waals surface area contributed by atoms with Crippen LogP contribution in [0.15, 0.2) is 46.5 Å². The number of phosphoric acid groups is 3. The maximum absolute atomic E-state index is 13.0. The van der Waals surface area contributed by atoms with Crippen LogP contribution in [-0.2, 0) is 47.4 Å². The van der Waals surface area contributed by atoms with Gasteiger partial charge in [-0.2, -0.15) is 23.2 Å². The number of aromatic nitrogens is 8. The van der Waals surface area contributed by atoms with Crippen molar-refractivity contribution in [2.24, 2.45) is 0 Å². The number of hydrogen-bond acceptors (Lipinski definition) is 20. The van der Waals surface area contributed by atoms with Gasteiger partial charge in [0, 0.05) is 11.6 Å². The predicted molar refractivity (Wildman–Crippen MR) is 205 cm³/mol. The van der Waals surface area contributed by atoms with E-state index in [2.05, 4.69) is 38.1 Å². The molecule has 2 saturated heterocycles. The van der Waals surface area contributed by atoms with E-state index in [9.17, 15) is 48.2 Å². The number of nitrogens with zero attached hydrogens (tertiary/aromatic N) is 7. The van der Waals surface area contributed by atoms with Crippen LogP contribution in [0.4, 0.5) is 11.9 Å². The molecule has 2 aliphatic heterocycles. The van der Waals surface area contributed by atoms with Crippen LogP contribution in [0.2, 0.25) is 5.02 Å². The molecule has 1 aromatic carbocycles. The highest BCUT2D eigenvalue weighted by molar-refractivity contribution is 7.66. The summed E-state index contributed by atoms with van der Waals surface area (Å²) in [6, 6.07) is 6.67. The van der Waals surface area contributed by atoms with Crippen LogP contribution in [0.1, 0.15) is 12.5 Å². The number of aliphatic hydroxyl groups is 2. The van der Waals surface area contributed by atoms with E-state index in [1.165, 1.54) is 4.57 Å². The number of H-pyrrole nitrogens is 2. The van der Waals surface area contributed by atoms with Crippen molar-refractivity contribution in [1.29, 1.82) is 0 Å². The highest BCUT2D eigenvalue weighted by atomic mass is 35.5. The average Bonchev–Trinajstić information content (AvgIpc) is 3.83. The minimum absolute atomic E-state index is 0.0956. The maximum atomic E-state index is 13.0. The molecule has 9 atom stereocenters. The third-order valence-corrected chi connectivity index (χ3v) is 13.6. The molecule has 7 rings (SSSR count). The zero-order chi connectivity index (χ0) is 44.0. The molecular formula is C29H38ClN11O17P3+. The topological polar surface area (TPSA) is 390 Å². The Morgan fingerprint density at radius 2 is 1.52 bits per heavy atom.